The van der Waals surface area contributed by atoms with Gasteiger partial charge in [-0.15, -0.1) is 0 Å². The summed E-state index contributed by atoms with van der Waals surface area (Å²) in [4.78, 5) is 28.6. The van der Waals surface area contributed by atoms with Gasteiger partial charge in [0.2, 0.25) is 5.76 Å². The summed E-state index contributed by atoms with van der Waals surface area (Å²) in [6.45, 7) is 0.120. The van der Waals surface area contributed by atoms with E-state index in [1.54, 1.807) is 30.3 Å². The van der Waals surface area contributed by atoms with E-state index in [1.165, 1.54) is 23.3 Å². The Bertz CT molecular complexity index is 1610. The molecule has 0 N–H and O–H groups in total. The van der Waals surface area contributed by atoms with Crippen LogP contribution in [-0.4, -0.2) is 10.8 Å². The molecule has 172 valence electrons. The minimum Gasteiger partial charge on any atom is -0.467 e. The highest BCUT2D eigenvalue weighted by molar-refractivity contribution is 5.99. The Labute approximate surface area is 198 Å². The molecule has 0 fully saturated rings. The van der Waals surface area contributed by atoms with Crippen LogP contribution in [0.5, 0.6) is 11.5 Å². The van der Waals surface area contributed by atoms with E-state index in [0.717, 1.165) is 6.07 Å². The summed E-state index contributed by atoms with van der Waals surface area (Å²) in [5.74, 6) is 0.691. The summed E-state index contributed by atoms with van der Waals surface area (Å²) >= 11 is 0. The van der Waals surface area contributed by atoms with Crippen LogP contribution in [0.25, 0.3) is 11.0 Å². The molecule has 1 unspecified atom stereocenters. The minimum atomic E-state index is -0.772. The molecule has 6 nitrogen and oxygen atoms in total. The number of nitrogens with zero attached hydrogens (tertiary/aromatic N) is 1. The highest BCUT2D eigenvalue weighted by Crippen LogP contribution is 2.40. The predicted molar refractivity (Wildman–Crippen MR) is 126 cm³/mol. The summed E-state index contributed by atoms with van der Waals surface area (Å²) in [5, 5.41) is 0.0816. The molecule has 0 radical (unpaired) electrons. The molecule has 2 aromatic heterocycles. The molecule has 7 heteroatoms. The summed E-state index contributed by atoms with van der Waals surface area (Å²) < 4.78 is 31.3. The molecule has 0 spiro atoms. The van der Waals surface area contributed by atoms with E-state index in [4.69, 9.17) is 13.6 Å². The Morgan fingerprint density at radius 3 is 2.51 bits per heavy atom. The first-order valence-electron chi connectivity index (χ1n) is 11.0. The topological polar surface area (TPSA) is 72.9 Å². The number of carbonyl (C=O) groups is 1. The van der Waals surface area contributed by atoms with Gasteiger partial charge in [0.05, 0.1) is 29.8 Å². The molecule has 1 aliphatic rings. The molecular formula is C28H18FNO5. The van der Waals surface area contributed by atoms with Gasteiger partial charge in [0, 0.05) is 0 Å². The molecule has 0 saturated heterocycles. The Kier molecular flexibility index (Phi) is 4.95. The van der Waals surface area contributed by atoms with Gasteiger partial charge in [0.25, 0.3) is 5.91 Å². The Balaban J connectivity index is 1.51. The molecule has 3 heterocycles. The minimum absolute atomic E-state index is 0.0555. The molecule has 0 bridgehead atoms. The highest BCUT2D eigenvalue weighted by atomic mass is 19.1. The van der Waals surface area contributed by atoms with Crippen molar-refractivity contribution < 1.29 is 22.8 Å². The second kappa shape index (κ2) is 8.29. The van der Waals surface area contributed by atoms with Crippen LogP contribution >= 0.6 is 0 Å². The summed E-state index contributed by atoms with van der Waals surface area (Å²) in [6.07, 6.45) is 1.52. The second-order valence-electron chi connectivity index (χ2n) is 8.22. The largest absolute Gasteiger partial charge is 0.467 e. The number of para-hydroxylation sites is 1. The smallest absolute Gasteiger partial charge is 0.291 e. The zero-order valence-corrected chi connectivity index (χ0v) is 18.3. The number of fused-ring (bicyclic) bond motifs is 2. The average molecular weight is 467 g/mol. The first-order valence-corrected chi connectivity index (χ1v) is 11.0. The van der Waals surface area contributed by atoms with E-state index in [-0.39, 0.29) is 28.8 Å². The number of ether oxygens (including phenoxy) is 1. The quantitative estimate of drug-likeness (QED) is 0.314. The van der Waals surface area contributed by atoms with Crippen molar-refractivity contribution in [1.82, 2.24) is 4.90 Å². The van der Waals surface area contributed by atoms with Gasteiger partial charge in [0.1, 0.15) is 28.7 Å². The molecule has 6 rings (SSSR count). The molecule has 3 aromatic carbocycles. The maximum Gasteiger partial charge on any atom is 0.291 e. The van der Waals surface area contributed by atoms with Crippen molar-refractivity contribution in [2.45, 2.75) is 12.6 Å². The molecule has 35 heavy (non-hydrogen) atoms. The van der Waals surface area contributed by atoms with Gasteiger partial charge in [-0.2, -0.15) is 0 Å². The van der Waals surface area contributed by atoms with Gasteiger partial charge in [-0.05, 0) is 60.2 Å². The van der Waals surface area contributed by atoms with Crippen molar-refractivity contribution in [2.75, 3.05) is 0 Å². The zero-order chi connectivity index (χ0) is 23.9. The van der Waals surface area contributed by atoms with Crippen LogP contribution in [0.15, 0.2) is 105 Å². The van der Waals surface area contributed by atoms with E-state index in [1.807, 2.05) is 36.4 Å². The second-order valence-corrected chi connectivity index (χ2v) is 8.22. The lowest BCUT2D eigenvalue weighted by Gasteiger charge is -2.24. The van der Waals surface area contributed by atoms with E-state index in [0.29, 0.717) is 22.8 Å². The first-order chi connectivity index (χ1) is 17.1. The average Bonchev–Trinajstić information content (AvgIpc) is 3.48. The van der Waals surface area contributed by atoms with E-state index < -0.39 is 23.2 Å². The number of hydrogen-bond acceptors (Lipinski definition) is 5. The lowest BCUT2D eigenvalue weighted by atomic mass is 9.98. The van der Waals surface area contributed by atoms with Crippen LogP contribution in [0.1, 0.15) is 33.5 Å². The zero-order valence-electron chi connectivity index (χ0n) is 18.3. The fourth-order valence-electron chi connectivity index (χ4n) is 4.45. The van der Waals surface area contributed by atoms with Gasteiger partial charge in [-0.1, -0.05) is 30.3 Å². The summed E-state index contributed by atoms with van der Waals surface area (Å²) in [7, 11) is 0. The van der Waals surface area contributed by atoms with E-state index in [9.17, 15) is 14.0 Å². The molecule has 1 atom stereocenters. The monoisotopic (exact) mass is 467 g/mol. The van der Waals surface area contributed by atoms with Crippen LogP contribution in [-0.2, 0) is 6.54 Å². The van der Waals surface area contributed by atoms with Crippen LogP contribution < -0.4 is 10.2 Å². The fraction of sp³-hybridized carbons (Fsp3) is 0.0714. The molecule has 1 amide bonds. The lowest BCUT2D eigenvalue weighted by molar-refractivity contribution is 0.0701. The molecule has 1 aliphatic heterocycles. The molecule has 0 aliphatic carbocycles. The number of amides is 1. The fourth-order valence-corrected chi connectivity index (χ4v) is 4.45. The standard InChI is InChI=1S/C28H18FNO5/c29-18-11-12-23-22(15-18)26(31)24-25(30(28(32)27(24)35-23)16-21-10-5-13-33-21)17-6-4-9-20(14-17)34-19-7-2-1-3-8-19/h1-15,25H,16H2. The van der Waals surface area contributed by atoms with Crippen molar-refractivity contribution in [3.63, 3.8) is 0 Å². The van der Waals surface area contributed by atoms with Crippen LogP contribution in [0.4, 0.5) is 4.39 Å². The molecule has 5 aromatic rings. The number of benzene rings is 3. The summed E-state index contributed by atoms with van der Waals surface area (Å²) in [5.41, 5.74) is 0.523. The predicted octanol–water partition coefficient (Wildman–Crippen LogP) is 6.06. The van der Waals surface area contributed by atoms with Gasteiger partial charge in [0.15, 0.2) is 5.43 Å². The highest BCUT2D eigenvalue weighted by Gasteiger charge is 2.43. The van der Waals surface area contributed by atoms with Crippen molar-refractivity contribution in [3.8, 4) is 11.5 Å². The molecule has 0 saturated carbocycles. The Hall–Kier alpha value is -4.65. The maximum absolute atomic E-state index is 14.0. The normalized spacial score (nSPS) is 14.9. The third-order valence-corrected chi connectivity index (χ3v) is 5.99. The third-order valence-electron chi connectivity index (χ3n) is 5.99. The lowest BCUT2D eigenvalue weighted by Crippen LogP contribution is -2.29. The number of halogens is 1. The Morgan fingerprint density at radius 2 is 1.71 bits per heavy atom. The van der Waals surface area contributed by atoms with Crippen molar-refractivity contribution >= 4 is 16.9 Å². The number of hydrogen-bond donors (Lipinski definition) is 0. The Morgan fingerprint density at radius 1 is 0.886 bits per heavy atom. The van der Waals surface area contributed by atoms with Crippen LogP contribution in [0.2, 0.25) is 0 Å². The maximum atomic E-state index is 14.0. The first kappa shape index (κ1) is 20.9. The van der Waals surface area contributed by atoms with Crippen LogP contribution in [0.3, 0.4) is 0 Å². The molecular weight excluding hydrogens is 449 g/mol. The van der Waals surface area contributed by atoms with E-state index >= 15 is 0 Å². The van der Waals surface area contributed by atoms with Gasteiger partial charge < -0.3 is 18.5 Å². The van der Waals surface area contributed by atoms with Crippen LogP contribution in [0, 0.1) is 5.82 Å². The van der Waals surface area contributed by atoms with Crippen molar-refractivity contribution in [1.29, 1.82) is 0 Å². The third kappa shape index (κ3) is 3.67. The summed E-state index contributed by atoms with van der Waals surface area (Å²) in [6, 6.07) is 22.9. The van der Waals surface area contributed by atoms with Gasteiger partial charge in [-0.25, -0.2) is 4.39 Å². The SMILES string of the molecule is O=C1c2oc3ccc(F)cc3c(=O)c2C(c2cccc(Oc3ccccc3)c2)N1Cc1ccco1. The van der Waals surface area contributed by atoms with E-state index in [2.05, 4.69) is 0 Å². The van der Waals surface area contributed by atoms with Gasteiger partial charge in [-0.3, -0.25) is 9.59 Å². The van der Waals surface area contributed by atoms with Crippen molar-refractivity contribution in [3.05, 3.63) is 130 Å². The number of furan rings is 1. The number of rotatable bonds is 5. The van der Waals surface area contributed by atoms with Gasteiger partial charge >= 0.3 is 0 Å². The number of carbonyl (C=O) groups excluding carboxylic acids is 1. The van der Waals surface area contributed by atoms with Crippen molar-refractivity contribution in [2.24, 2.45) is 0 Å².